The lowest BCUT2D eigenvalue weighted by Gasteiger charge is -2.21. The minimum absolute atomic E-state index is 0.237. The summed E-state index contributed by atoms with van der Waals surface area (Å²) in [5, 5.41) is 2.83. The number of amides is 1. The summed E-state index contributed by atoms with van der Waals surface area (Å²) in [5.74, 6) is -0.590. The van der Waals surface area contributed by atoms with Crippen LogP contribution in [0.2, 0.25) is 0 Å². The minimum Gasteiger partial charge on any atom is -0.370 e. The highest BCUT2D eigenvalue weighted by atomic mass is 79.9. The molecule has 1 saturated heterocycles. The standard InChI is InChI=1S/C17H16BrFN2O/c18-13-5-3-12(4-6-13)17(22)20-15-11-14(19)7-8-16(15)21-9-1-2-10-21/h3-8,11H,1-2,9-10H2,(H,20,22). The molecular formula is C17H16BrFN2O. The molecule has 22 heavy (non-hydrogen) atoms. The third-order valence-corrected chi connectivity index (χ3v) is 4.29. The third kappa shape index (κ3) is 3.30. The van der Waals surface area contributed by atoms with Crippen molar-refractivity contribution in [3.8, 4) is 0 Å². The van der Waals surface area contributed by atoms with E-state index in [4.69, 9.17) is 0 Å². The smallest absolute Gasteiger partial charge is 0.255 e. The van der Waals surface area contributed by atoms with Crippen LogP contribution in [0.3, 0.4) is 0 Å². The Morgan fingerprint density at radius 3 is 2.45 bits per heavy atom. The van der Waals surface area contributed by atoms with E-state index < -0.39 is 0 Å². The quantitative estimate of drug-likeness (QED) is 0.875. The topological polar surface area (TPSA) is 32.3 Å². The molecule has 2 aromatic carbocycles. The second kappa shape index (κ2) is 6.48. The number of rotatable bonds is 3. The number of halogens is 2. The Morgan fingerprint density at radius 2 is 1.77 bits per heavy atom. The van der Waals surface area contributed by atoms with Crippen molar-refractivity contribution in [3.63, 3.8) is 0 Å². The highest BCUT2D eigenvalue weighted by Gasteiger charge is 2.18. The second-order valence-electron chi connectivity index (χ2n) is 5.32. The largest absolute Gasteiger partial charge is 0.370 e. The predicted octanol–water partition coefficient (Wildman–Crippen LogP) is 4.44. The van der Waals surface area contributed by atoms with Gasteiger partial charge >= 0.3 is 0 Å². The molecule has 1 amide bonds. The van der Waals surface area contributed by atoms with Crippen molar-refractivity contribution in [2.45, 2.75) is 12.8 Å². The van der Waals surface area contributed by atoms with Crippen LogP contribution < -0.4 is 10.2 Å². The van der Waals surface area contributed by atoms with Gasteiger partial charge in [0.25, 0.3) is 5.91 Å². The predicted molar refractivity (Wildman–Crippen MR) is 89.9 cm³/mol. The van der Waals surface area contributed by atoms with Gasteiger partial charge in [0.05, 0.1) is 11.4 Å². The fourth-order valence-corrected chi connectivity index (χ4v) is 2.90. The van der Waals surface area contributed by atoms with E-state index in [0.29, 0.717) is 11.3 Å². The van der Waals surface area contributed by atoms with Crippen LogP contribution in [0.15, 0.2) is 46.9 Å². The molecule has 0 aliphatic carbocycles. The Balaban J connectivity index is 1.85. The van der Waals surface area contributed by atoms with Crippen molar-refractivity contribution in [3.05, 3.63) is 58.3 Å². The summed E-state index contributed by atoms with van der Waals surface area (Å²) < 4.78 is 14.5. The zero-order valence-corrected chi connectivity index (χ0v) is 13.6. The molecule has 0 bridgehead atoms. The van der Waals surface area contributed by atoms with Gasteiger partial charge in [0, 0.05) is 23.1 Å². The van der Waals surface area contributed by atoms with Gasteiger partial charge in [-0.05, 0) is 55.3 Å². The zero-order chi connectivity index (χ0) is 15.5. The minimum atomic E-state index is -0.353. The number of carbonyl (C=O) groups excluding carboxylic acids is 1. The van der Waals surface area contributed by atoms with Crippen LogP contribution in [0, 0.1) is 5.82 Å². The molecule has 0 radical (unpaired) electrons. The summed E-state index contributed by atoms with van der Waals surface area (Å²) >= 11 is 3.34. The van der Waals surface area contributed by atoms with Crippen LogP contribution in [-0.4, -0.2) is 19.0 Å². The molecule has 2 aromatic rings. The van der Waals surface area contributed by atoms with Crippen molar-refractivity contribution >= 4 is 33.2 Å². The summed E-state index contributed by atoms with van der Waals surface area (Å²) in [6.07, 6.45) is 2.24. The fraction of sp³-hybridized carbons (Fsp3) is 0.235. The highest BCUT2D eigenvalue weighted by molar-refractivity contribution is 9.10. The van der Waals surface area contributed by atoms with Crippen molar-refractivity contribution in [1.29, 1.82) is 0 Å². The van der Waals surface area contributed by atoms with E-state index in [1.807, 2.05) is 12.1 Å². The van der Waals surface area contributed by atoms with E-state index in [9.17, 15) is 9.18 Å². The summed E-state index contributed by atoms with van der Waals surface area (Å²) in [7, 11) is 0. The number of benzene rings is 2. The molecule has 3 rings (SSSR count). The van der Waals surface area contributed by atoms with E-state index in [1.165, 1.54) is 12.1 Å². The molecule has 0 aromatic heterocycles. The Labute approximate surface area is 137 Å². The SMILES string of the molecule is O=C(Nc1cc(F)ccc1N1CCCC1)c1ccc(Br)cc1. The number of carbonyl (C=O) groups is 1. The van der Waals surface area contributed by atoms with Gasteiger partial charge in [-0.2, -0.15) is 0 Å². The molecule has 1 fully saturated rings. The van der Waals surface area contributed by atoms with Gasteiger partial charge in [-0.3, -0.25) is 4.79 Å². The lowest BCUT2D eigenvalue weighted by Crippen LogP contribution is -2.21. The fourth-order valence-electron chi connectivity index (χ4n) is 2.64. The van der Waals surface area contributed by atoms with Crippen LogP contribution in [0.4, 0.5) is 15.8 Å². The molecule has 3 nitrogen and oxygen atoms in total. The van der Waals surface area contributed by atoms with E-state index >= 15 is 0 Å². The van der Waals surface area contributed by atoms with E-state index in [2.05, 4.69) is 26.1 Å². The Kier molecular flexibility index (Phi) is 4.43. The van der Waals surface area contributed by atoms with Crippen molar-refractivity contribution in [1.82, 2.24) is 0 Å². The van der Waals surface area contributed by atoms with Crippen LogP contribution in [0.1, 0.15) is 23.2 Å². The van der Waals surface area contributed by atoms with Gasteiger partial charge in [0.15, 0.2) is 0 Å². The summed E-state index contributed by atoms with van der Waals surface area (Å²) in [5.41, 5.74) is 1.94. The van der Waals surface area contributed by atoms with Gasteiger partial charge in [0.2, 0.25) is 0 Å². The lowest BCUT2D eigenvalue weighted by atomic mass is 10.2. The first kappa shape index (κ1) is 15.0. The maximum Gasteiger partial charge on any atom is 0.255 e. The van der Waals surface area contributed by atoms with Gasteiger partial charge in [0.1, 0.15) is 5.82 Å². The average molecular weight is 363 g/mol. The molecule has 0 saturated carbocycles. The number of anilines is 2. The van der Waals surface area contributed by atoms with Crippen molar-refractivity contribution < 1.29 is 9.18 Å². The van der Waals surface area contributed by atoms with E-state index in [0.717, 1.165) is 36.1 Å². The van der Waals surface area contributed by atoms with Crippen LogP contribution >= 0.6 is 15.9 Å². The lowest BCUT2D eigenvalue weighted by molar-refractivity contribution is 0.102. The highest BCUT2D eigenvalue weighted by Crippen LogP contribution is 2.30. The molecule has 1 aliphatic heterocycles. The Morgan fingerprint density at radius 1 is 1.09 bits per heavy atom. The third-order valence-electron chi connectivity index (χ3n) is 3.76. The summed E-state index contributed by atoms with van der Waals surface area (Å²) in [6, 6.07) is 11.6. The van der Waals surface area contributed by atoms with Crippen LogP contribution in [0.5, 0.6) is 0 Å². The first-order valence-electron chi connectivity index (χ1n) is 7.25. The number of hydrogen-bond acceptors (Lipinski definition) is 2. The molecule has 1 heterocycles. The van der Waals surface area contributed by atoms with Crippen molar-refractivity contribution in [2.75, 3.05) is 23.3 Å². The van der Waals surface area contributed by atoms with Gasteiger partial charge < -0.3 is 10.2 Å². The molecule has 114 valence electrons. The van der Waals surface area contributed by atoms with Gasteiger partial charge in [-0.1, -0.05) is 15.9 Å². The first-order chi connectivity index (χ1) is 10.6. The molecule has 0 spiro atoms. The van der Waals surface area contributed by atoms with Crippen LogP contribution in [-0.2, 0) is 0 Å². The molecular weight excluding hydrogens is 347 g/mol. The van der Waals surface area contributed by atoms with E-state index in [1.54, 1.807) is 18.2 Å². The van der Waals surface area contributed by atoms with Gasteiger partial charge in [-0.15, -0.1) is 0 Å². The Bertz CT molecular complexity index is 682. The zero-order valence-electron chi connectivity index (χ0n) is 12.0. The molecule has 5 heteroatoms. The maximum atomic E-state index is 13.6. The number of hydrogen-bond donors (Lipinski definition) is 1. The molecule has 0 unspecified atom stereocenters. The maximum absolute atomic E-state index is 13.6. The number of nitrogens with one attached hydrogen (secondary N) is 1. The van der Waals surface area contributed by atoms with Crippen LogP contribution in [0.25, 0.3) is 0 Å². The van der Waals surface area contributed by atoms with E-state index in [-0.39, 0.29) is 11.7 Å². The molecule has 1 N–H and O–H groups in total. The summed E-state index contributed by atoms with van der Waals surface area (Å²) in [4.78, 5) is 14.5. The van der Waals surface area contributed by atoms with Gasteiger partial charge in [-0.25, -0.2) is 4.39 Å². The number of nitrogens with zero attached hydrogens (tertiary/aromatic N) is 1. The normalized spacial score (nSPS) is 14.2. The van der Waals surface area contributed by atoms with Crippen molar-refractivity contribution in [2.24, 2.45) is 0 Å². The Hall–Kier alpha value is -1.88. The first-order valence-corrected chi connectivity index (χ1v) is 8.04. The average Bonchev–Trinajstić information content (AvgIpc) is 3.02. The molecule has 1 aliphatic rings. The summed E-state index contributed by atoms with van der Waals surface area (Å²) in [6.45, 7) is 1.87. The second-order valence-corrected chi connectivity index (χ2v) is 6.23. The molecule has 0 atom stereocenters. The monoisotopic (exact) mass is 362 g/mol.